The normalized spacial score (nSPS) is 14.7. The van der Waals surface area contributed by atoms with E-state index in [1.54, 1.807) is 14.2 Å². The molecule has 33 heavy (non-hydrogen) atoms. The van der Waals surface area contributed by atoms with Crippen molar-refractivity contribution < 1.29 is 23.7 Å². The molecule has 0 radical (unpaired) electrons. The first-order valence-corrected chi connectivity index (χ1v) is 12.2. The van der Waals surface area contributed by atoms with Crippen LogP contribution in [0.4, 0.5) is 0 Å². The zero-order valence-corrected chi connectivity index (χ0v) is 20.4. The number of aromatic amines is 1. The molecule has 3 rings (SSSR count). The average molecular weight is 459 g/mol. The van der Waals surface area contributed by atoms with E-state index in [0.29, 0.717) is 26.2 Å². The van der Waals surface area contributed by atoms with Gasteiger partial charge in [-0.1, -0.05) is 43.5 Å². The van der Waals surface area contributed by atoms with Crippen molar-refractivity contribution in [3.05, 3.63) is 42.2 Å². The lowest BCUT2D eigenvalue weighted by atomic mass is 9.94. The van der Waals surface area contributed by atoms with Crippen LogP contribution in [0.3, 0.4) is 0 Å². The van der Waals surface area contributed by atoms with Crippen LogP contribution in [0.1, 0.15) is 51.0 Å². The molecule has 182 valence electrons. The van der Waals surface area contributed by atoms with Gasteiger partial charge in [0.05, 0.1) is 37.9 Å². The number of hydrogen-bond donors (Lipinski definition) is 1. The molecule has 1 saturated carbocycles. The van der Waals surface area contributed by atoms with Crippen LogP contribution < -0.4 is 4.68 Å². The van der Waals surface area contributed by atoms with Crippen molar-refractivity contribution in [2.45, 2.75) is 70.7 Å². The molecule has 1 fully saturated rings. The molecule has 1 heterocycles. The van der Waals surface area contributed by atoms with Gasteiger partial charge in [0.25, 0.3) is 0 Å². The summed E-state index contributed by atoms with van der Waals surface area (Å²) in [4.78, 5) is 15.0. The Balaban J connectivity index is 1.46. The molecular weight excluding hydrogens is 418 g/mol. The van der Waals surface area contributed by atoms with E-state index in [4.69, 9.17) is 14.2 Å². The minimum atomic E-state index is -0.393. The van der Waals surface area contributed by atoms with E-state index in [1.807, 2.05) is 11.1 Å². The van der Waals surface area contributed by atoms with Crippen LogP contribution in [0.25, 0.3) is 11.1 Å². The summed E-state index contributed by atoms with van der Waals surface area (Å²) in [6.45, 7) is 4.53. The molecule has 1 aliphatic rings. The number of carbonyl (C=O) groups excluding carboxylic acids is 1. The second kappa shape index (κ2) is 13.5. The van der Waals surface area contributed by atoms with E-state index in [9.17, 15) is 4.79 Å². The first-order chi connectivity index (χ1) is 16.1. The Kier molecular flexibility index (Phi) is 10.4. The molecule has 0 atom stereocenters. The van der Waals surface area contributed by atoms with Gasteiger partial charge in [-0.2, -0.15) is 5.10 Å². The minimum Gasteiger partial charge on any atom is -0.381 e. The lowest BCUT2D eigenvalue weighted by Crippen LogP contribution is -2.46. The fourth-order valence-electron chi connectivity index (χ4n) is 4.49. The maximum absolute atomic E-state index is 13.0. The number of benzene rings is 1. The van der Waals surface area contributed by atoms with Crippen molar-refractivity contribution >= 4 is 5.91 Å². The quantitative estimate of drug-likeness (QED) is 0.282. The van der Waals surface area contributed by atoms with Gasteiger partial charge in [-0.3, -0.25) is 4.79 Å². The van der Waals surface area contributed by atoms with Crippen molar-refractivity contribution in [1.29, 1.82) is 0 Å². The minimum absolute atomic E-state index is 0.125. The highest BCUT2D eigenvalue weighted by Crippen LogP contribution is 2.24. The molecule has 0 aliphatic heterocycles. The molecule has 0 saturated heterocycles. The molecule has 1 N–H and O–H groups in total. The van der Waals surface area contributed by atoms with Gasteiger partial charge in [-0.25, -0.2) is 0 Å². The summed E-state index contributed by atoms with van der Waals surface area (Å²) >= 11 is 0. The van der Waals surface area contributed by atoms with Gasteiger partial charge in [0.15, 0.2) is 12.8 Å². The van der Waals surface area contributed by atoms with Gasteiger partial charge in [0, 0.05) is 20.3 Å². The number of carbonyl (C=O) groups is 1. The highest BCUT2D eigenvalue weighted by molar-refractivity contribution is 5.76. The molecule has 0 unspecified atom stereocenters. The highest BCUT2D eigenvalue weighted by atomic mass is 16.7. The van der Waals surface area contributed by atoms with Gasteiger partial charge in [0.2, 0.25) is 12.1 Å². The molecule has 1 aromatic carbocycles. The molecule has 7 nitrogen and oxygen atoms in total. The molecule has 1 amide bonds. The van der Waals surface area contributed by atoms with Crippen LogP contribution in [0.5, 0.6) is 0 Å². The summed E-state index contributed by atoms with van der Waals surface area (Å²) in [7, 11) is 3.24. The second-order valence-electron chi connectivity index (χ2n) is 8.70. The number of methoxy groups -OCH3 is 2. The predicted molar refractivity (Wildman–Crippen MR) is 128 cm³/mol. The lowest BCUT2D eigenvalue weighted by molar-refractivity contribution is -0.746. The van der Waals surface area contributed by atoms with Gasteiger partial charge >= 0.3 is 0 Å². The largest absolute Gasteiger partial charge is 0.381 e. The fraction of sp³-hybridized carbons (Fsp3) is 0.615. The third-order valence-corrected chi connectivity index (χ3v) is 6.48. The number of aryl methyl sites for hydroxylation is 1. The zero-order valence-electron chi connectivity index (χ0n) is 20.4. The van der Waals surface area contributed by atoms with E-state index in [2.05, 4.69) is 47.2 Å². The molecule has 0 bridgehead atoms. The maximum atomic E-state index is 13.0. The summed E-state index contributed by atoms with van der Waals surface area (Å²) in [5, 5.41) is 3.24. The number of H-pyrrole nitrogens is 1. The average Bonchev–Trinajstić information content (AvgIpc) is 3.35. The molecular formula is C26H40N3O4+. The van der Waals surface area contributed by atoms with Gasteiger partial charge in [-0.15, -0.1) is 4.68 Å². The van der Waals surface area contributed by atoms with Crippen molar-refractivity contribution in [2.24, 2.45) is 0 Å². The fourth-order valence-corrected chi connectivity index (χ4v) is 4.49. The third-order valence-electron chi connectivity index (χ3n) is 6.48. The van der Waals surface area contributed by atoms with E-state index < -0.39 is 6.29 Å². The van der Waals surface area contributed by atoms with Crippen LogP contribution in [0, 0.1) is 0 Å². The Labute approximate surface area is 198 Å². The molecule has 2 aromatic rings. The van der Waals surface area contributed by atoms with Crippen LogP contribution in [0.2, 0.25) is 0 Å². The summed E-state index contributed by atoms with van der Waals surface area (Å²) < 4.78 is 18.6. The monoisotopic (exact) mass is 458 g/mol. The zero-order chi connectivity index (χ0) is 23.5. The summed E-state index contributed by atoms with van der Waals surface area (Å²) in [6, 6.07) is 8.82. The Hall–Kier alpha value is -2.22. The Morgan fingerprint density at radius 1 is 1.15 bits per heavy atom. The Bertz CT molecular complexity index is 844. The topological polar surface area (TPSA) is 67.7 Å². The maximum Gasteiger partial charge on any atom is 0.225 e. The van der Waals surface area contributed by atoms with E-state index in [0.717, 1.165) is 25.8 Å². The van der Waals surface area contributed by atoms with E-state index in [-0.39, 0.29) is 11.9 Å². The van der Waals surface area contributed by atoms with E-state index >= 15 is 0 Å². The number of nitrogens with one attached hydrogen (secondary N) is 1. The van der Waals surface area contributed by atoms with Crippen LogP contribution in [-0.4, -0.2) is 62.2 Å². The van der Waals surface area contributed by atoms with E-state index in [1.165, 1.54) is 36.0 Å². The number of ether oxygens (including phenoxy) is 3. The van der Waals surface area contributed by atoms with Crippen LogP contribution >= 0.6 is 0 Å². The van der Waals surface area contributed by atoms with Crippen molar-refractivity contribution in [2.75, 3.05) is 34.0 Å². The first-order valence-electron chi connectivity index (χ1n) is 12.2. The number of rotatable bonds is 13. The van der Waals surface area contributed by atoms with Gasteiger partial charge < -0.3 is 19.1 Å². The number of aromatic nitrogens is 2. The Morgan fingerprint density at radius 2 is 1.94 bits per heavy atom. The number of amides is 1. The second-order valence-corrected chi connectivity index (χ2v) is 8.70. The molecule has 0 spiro atoms. The summed E-state index contributed by atoms with van der Waals surface area (Å²) in [5.41, 5.74) is 3.61. The van der Waals surface area contributed by atoms with Crippen LogP contribution in [0.15, 0.2) is 36.7 Å². The molecule has 7 heteroatoms. The summed E-state index contributed by atoms with van der Waals surface area (Å²) in [5.74, 6) is 0.125. The van der Waals surface area contributed by atoms with Gasteiger partial charge in [-0.05, 0) is 37.3 Å². The van der Waals surface area contributed by atoms with Crippen molar-refractivity contribution in [1.82, 2.24) is 10.00 Å². The molecule has 1 aromatic heterocycles. The van der Waals surface area contributed by atoms with Crippen molar-refractivity contribution in [3.63, 3.8) is 0 Å². The third kappa shape index (κ3) is 7.66. The lowest BCUT2D eigenvalue weighted by Gasteiger charge is -2.36. The van der Waals surface area contributed by atoms with Gasteiger partial charge in [0.1, 0.15) is 0 Å². The highest BCUT2D eigenvalue weighted by Gasteiger charge is 2.27. The molecule has 1 aliphatic carbocycles. The van der Waals surface area contributed by atoms with Crippen LogP contribution in [-0.2, 0) is 32.0 Å². The first kappa shape index (κ1) is 25.4. The Morgan fingerprint density at radius 3 is 2.64 bits per heavy atom. The summed E-state index contributed by atoms with van der Waals surface area (Å²) in [6.07, 6.45) is 10.7. The standard InChI is InChI=1S/C26H39N3O4/c1-4-28-19-23(18-27-28)22-10-8-9-21(17-22)13-15-33-16-14-25(30)29(20-26(31-2)32-3)24-11-6-5-7-12-24/h8-10,17-19,24,26H,4-7,11-16,20H2,1-3H3/p+1. The van der Waals surface area contributed by atoms with Crippen molar-refractivity contribution in [3.8, 4) is 11.1 Å². The number of nitrogens with zero attached hydrogens (tertiary/aromatic N) is 2. The smallest absolute Gasteiger partial charge is 0.225 e. The predicted octanol–water partition coefficient (Wildman–Crippen LogP) is 3.72. The number of hydrogen-bond acceptors (Lipinski definition) is 4. The SMILES string of the molecule is CC[n+]1cc(-c2cccc(CCOCCC(=O)N(CC(OC)OC)C3CCCCC3)c2)c[nH]1.